The Kier molecular flexibility index (Phi) is 7.20. The van der Waals surface area contributed by atoms with E-state index in [9.17, 15) is 4.79 Å². The lowest BCUT2D eigenvalue weighted by molar-refractivity contribution is 0.180. The molecule has 2 aliphatic heterocycles. The number of benzene rings is 2. The van der Waals surface area contributed by atoms with Crippen LogP contribution in [-0.2, 0) is 6.54 Å². The van der Waals surface area contributed by atoms with Crippen molar-refractivity contribution in [2.75, 3.05) is 31.5 Å². The lowest BCUT2D eigenvalue weighted by atomic mass is 9.99. The summed E-state index contributed by atoms with van der Waals surface area (Å²) >= 11 is 0. The standard InChI is InChI=1S/C31H36N6O/c1-22-7-5-6-10-27(22)28-19-24-20-33-31(34-25-11-15-32-16-12-25)35-29(24)37(30(28)38)26-13-17-36(18-14-26)21-23-8-3-2-4-9-23/h2-10,19-20,25-26,32H,11-18,21H2,1H3,(H,33,34,35). The number of likely N-dealkylation sites (tertiary alicyclic amines) is 1. The highest BCUT2D eigenvalue weighted by Crippen LogP contribution is 2.29. The van der Waals surface area contributed by atoms with Crippen molar-refractivity contribution < 1.29 is 0 Å². The maximum Gasteiger partial charge on any atom is 0.260 e. The molecule has 6 rings (SSSR count). The summed E-state index contributed by atoms with van der Waals surface area (Å²) in [6.45, 7) is 6.90. The Morgan fingerprint density at radius 3 is 2.45 bits per heavy atom. The van der Waals surface area contributed by atoms with Crippen LogP contribution in [0.4, 0.5) is 5.95 Å². The number of fused-ring (bicyclic) bond motifs is 1. The van der Waals surface area contributed by atoms with Crippen LogP contribution in [0.25, 0.3) is 22.2 Å². The van der Waals surface area contributed by atoms with Gasteiger partial charge in [-0.15, -0.1) is 0 Å². The molecule has 2 N–H and O–H groups in total. The normalized spacial score (nSPS) is 17.6. The van der Waals surface area contributed by atoms with E-state index in [-0.39, 0.29) is 11.6 Å². The molecule has 0 bridgehead atoms. The van der Waals surface area contributed by atoms with Gasteiger partial charge in [0.1, 0.15) is 5.65 Å². The quantitative estimate of drug-likeness (QED) is 0.391. The molecule has 2 aromatic heterocycles. The van der Waals surface area contributed by atoms with E-state index < -0.39 is 0 Å². The zero-order valence-electron chi connectivity index (χ0n) is 22.1. The van der Waals surface area contributed by atoms with E-state index in [2.05, 4.69) is 63.8 Å². The number of aryl methyl sites for hydroxylation is 1. The molecule has 38 heavy (non-hydrogen) atoms. The molecule has 7 nitrogen and oxygen atoms in total. The molecule has 0 aliphatic carbocycles. The fourth-order valence-electron chi connectivity index (χ4n) is 5.92. The van der Waals surface area contributed by atoms with Crippen LogP contribution in [0.2, 0.25) is 0 Å². The highest BCUT2D eigenvalue weighted by atomic mass is 16.1. The van der Waals surface area contributed by atoms with E-state index >= 15 is 0 Å². The van der Waals surface area contributed by atoms with Crippen molar-refractivity contribution in [3.05, 3.63) is 88.3 Å². The first-order chi connectivity index (χ1) is 18.7. The molecule has 2 aliphatic rings. The molecular formula is C31H36N6O. The molecular weight excluding hydrogens is 472 g/mol. The Labute approximate surface area is 223 Å². The molecule has 7 heteroatoms. The highest BCUT2D eigenvalue weighted by Gasteiger charge is 2.26. The Bertz CT molecular complexity index is 1450. The molecule has 4 heterocycles. The maximum atomic E-state index is 14.2. The summed E-state index contributed by atoms with van der Waals surface area (Å²) in [5.74, 6) is 0.614. The lowest BCUT2D eigenvalue weighted by Gasteiger charge is -2.33. The summed E-state index contributed by atoms with van der Waals surface area (Å²) in [5.41, 5.74) is 4.91. The van der Waals surface area contributed by atoms with Crippen LogP contribution in [0.1, 0.15) is 42.9 Å². The Morgan fingerprint density at radius 1 is 0.947 bits per heavy atom. The molecule has 2 aromatic carbocycles. The van der Waals surface area contributed by atoms with Crippen molar-refractivity contribution in [1.29, 1.82) is 0 Å². The number of anilines is 1. The van der Waals surface area contributed by atoms with E-state index in [1.54, 1.807) is 0 Å². The first-order valence-corrected chi connectivity index (χ1v) is 13.9. The molecule has 0 atom stereocenters. The number of pyridine rings is 1. The van der Waals surface area contributed by atoms with Crippen molar-refractivity contribution in [2.45, 2.75) is 51.2 Å². The first kappa shape index (κ1) is 24.8. The smallest absolute Gasteiger partial charge is 0.260 e. The van der Waals surface area contributed by atoms with Crippen LogP contribution in [-0.4, -0.2) is 51.7 Å². The van der Waals surface area contributed by atoms with Crippen LogP contribution in [0.5, 0.6) is 0 Å². The van der Waals surface area contributed by atoms with Gasteiger partial charge in [-0.1, -0.05) is 54.6 Å². The predicted octanol–water partition coefficient (Wildman–Crippen LogP) is 4.77. The van der Waals surface area contributed by atoms with Gasteiger partial charge in [0.25, 0.3) is 5.56 Å². The Hall–Kier alpha value is -3.55. The number of nitrogens with one attached hydrogen (secondary N) is 2. The van der Waals surface area contributed by atoms with Gasteiger partial charge in [0.05, 0.1) is 0 Å². The summed E-state index contributed by atoms with van der Waals surface area (Å²) in [6.07, 6.45) is 5.80. The van der Waals surface area contributed by atoms with Crippen LogP contribution >= 0.6 is 0 Å². The number of aromatic nitrogens is 3. The molecule has 196 valence electrons. The van der Waals surface area contributed by atoms with Crippen LogP contribution in [0, 0.1) is 6.92 Å². The second kappa shape index (κ2) is 11.1. The third-order valence-corrected chi connectivity index (χ3v) is 8.05. The van der Waals surface area contributed by atoms with E-state index in [0.29, 0.717) is 12.0 Å². The van der Waals surface area contributed by atoms with Gasteiger partial charge in [0, 0.05) is 48.9 Å². The summed E-state index contributed by atoms with van der Waals surface area (Å²) in [6, 6.07) is 21.2. The summed E-state index contributed by atoms with van der Waals surface area (Å²) in [7, 11) is 0. The van der Waals surface area contributed by atoms with Crippen molar-refractivity contribution >= 4 is 17.0 Å². The molecule has 0 amide bonds. The molecule has 0 unspecified atom stereocenters. The average molecular weight is 509 g/mol. The minimum atomic E-state index is 0.0415. The summed E-state index contributed by atoms with van der Waals surface area (Å²) < 4.78 is 1.98. The van der Waals surface area contributed by atoms with Crippen molar-refractivity contribution in [3.8, 4) is 11.1 Å². The van der Waals surface area contributed by atoms with Gasteiger partial charge in [-0.05, 0) is 68.5 Å². The molecule has 0 saturated carbocycles. The van der Waals surface area contributed by atoms with Crippen LogP contribution in [0.3, 0.4) is 0 Å². The monoisotopic (exact) mass is 508 g/mol. The van der Waals surface area contributed by atoms with Gasteiger partial charge >= 0.3 is 0 Å². The van der Waals surface area contributed by atoms with Gasteiger partial charge in [0.2, 0.25) is 5.95 Å². The molecule has 4 aromatic rings. The topological polar surface area (TPSA) is 75.1 Å². The molecule has 2 fully saturated rings. The first-order valence-electron chi connectivity index (χ1n) is 13.9. The molecule has 0 radical (unpaired) electrons. The van der Waals surface area contributed by atoms with Crippen molar-refractivity contribution in [2.24, 2.45) is 0 Å². The second-order valence-electron chi connectivity index (χ2n) is 10.7. The van der Waals surface area contributed by atoms with Crippen molar-refractivity contribution in [3.63, 3.8) is 0 Å². The summed E-state index contributed by atoms with van der Waals surface area (Å²) in [4.78, 5) is 26.3. The zero-order chi connectivity index (χ0) is 25.9. The zero-order valence-corrected chi connectivity index (χ0v) is 22.1. The van der Waals surface area contributed by atoms with Crippen LogP contribution in [0.15, 0.2) is 71.7 Å². The maximum absolute atomic E-state index is 14.2. The van der Waals surface area contributed by atoms with Gasteiger partial charge in [-0.3, -0.25) is 14.3 Å². The van der Waals surface area contributed by atoms with E-state index in [4.69, 9.17) is 4.98 Å². The minimum absolute atomic E-state index is 0.0415. The van der Waals surface area contributed by atoms with Gasteiger partial charge in [-0.2, -0.15) is 4.98 Å². The minimum Gasteiger partial charge on any atom is -0.351 e. The molecule has 2 saturated heterocycles. The number of hydrogen-bond donors (Lipinski definition) is 2. The highest BCUT2D eigenvalue weighted by molar-refractivity contribution is 5.82. The Balaban J connectivity index is 1.36. The van der Waals surface area contributed by atoms with E-state index in [1.807, 2.05) is 35.0 Å². The SMILES string of the molecule is Cc1ccccc1-c1cc2cnc(NC3CCNCC3)nc2n(C2CCN(Cc3ccccc3)CC2)c1=O. The number of nitrogens with zero attached hydrogens (tertiary/aromatic N) is 4. The predicted molar refractivity (Wildman–Crippen MR) is 153 cm³/mol. The Morgan fingerprint density at radius 2 is 1.68 bits per heavy atom. The summed E-state index contributed by atoms with van der Waals surface area (Å²) in [5, 5.41) is 7.84. The third kappa shape index (κ3) is 5.22. The lowest BCUT2D eigenvalue weighted by Crippen LogP contribution is -2.38. The second-order valence-corrected chi connectivity index (χ2v) is 10.7. The largest absolute Gasteiger partial charge is 0.351 e. The van der Waals surface area contributed by atoms with Crippen LogP contribution < -0.4 is 16.2 Å². The van der Waals surface area contributed by atoms with E-state index in [1.165, 1.54) is 5.56 Å². The third-order valence-electron chi connectivity index (χ3n) is 8.05. The van der Waals surface area contributed by atoms with Gasteiger partial charge < -0.3 is 10.6 Å². The fraction of sp³-hybridized carbons (Fsp3) is 0.387. The number of hydrogen-bond acceptors (Lipinski definition) is 6. The fourth-order valence-corrected chi connectivity index (χ4v) is 5.92. The average Bonchev–Trinajstić information content (AvgIpc) is 2.95. The van der Waals surface area contributed by atoms with E-state index in [0.717, 1.165) is 86.1 Å². The molecule has 0 spiro atoms. The van der Waals surface area contributed by atoms with Gasteiger partial charge in [0.15, 0.2) is 0 Å². The number of rotatable bonds is 6. The van der Waals surface area contributed by atoms with Gasteiger partial charge in [-0.25, -0.2) is 4.98 Å². The van der Waals surface area contributed by atoms with Crippen molar-refractivity contribution in [1.82, 2.24) is 24.8 Å². The number of piperidine rings is 2.